The molecular formula is C11H15F3N2O. The Balaban J connectivity index is 2.27. The van der Waals surface area contributed by atoms with Crippen molar-refractivity contribution in [2.75, 3.05) is 13.7 Å². The summed E-state index contributed by atoms with van der Waals surface area (Å²) >= 11 is 0. The van der Waals surface area contributed by atoms with E-state index in [1.807, 2.05) is 6.07 Å². The first-order valence-electron chi connectivity index (χ1n) is 5.28. The summed E-state index contributed by atoms with van der Waals surface area (Å²) in [5.74, 6) is 0.496. The second-order valence-electron chi connectivity index (χ2n) is 3.57. The van der Waals surface area contributed by atoms with Gasteiger partial charge in [-0.2, -0.15) is 13.2 Å². The zero-order valence-electron chi connectivity index (χ0n) is 9.55. The number of nitrogens with one attached hydrogen (secondary N) is 1. The van der Waals surface area contributed by atoms with Gasteiger partial charge in [-0.1, -0.05) is 6.07 Å². The highest BCUT2D eigenvalue weighted by Crippen LogP contribution is 2.20. The molecule has 17 heavy (non-hydrogen) atoms. The molecule has 0 radical (unpaired) electrons. The Morgan fingerprint density at radius 1 is 1.41 bits per heavy atom. The van der Waals surface area contributed by atoms with Crippen molar-refractivity contribution in [1.29, 1.82) is 0 Å². The third kappa shape index (κ3) is 5.53. The van der Waals surface area contributed by atoms with Gasteiger partial charge >= 0.3 is 6.18 Å². The van der Waals surface area contributed by atoms with Gasteiger partial charge in [0.1, 0.15) is 0 Å². The number of hydrogen-bond acceptors (Lipinski definition) is 3. The number of nitrogens with zero attached hydrogens (tertiary/aromatic N) is 1. The molecule has 0 unspecified atom stereocenters. The number of aromatic nitrogens is 1. The van der Waals surface area contributed by atoms with E-state index in [0.717, 1.165) is 5.56 Å². The monoisotopic (exact) mass is 248 g/mol. The number of hydrogen-bond donors (Lipinski definition) is 1. The minimum Gasteiger partial charge on any atom is -0.481 e. The van der Waals surface area contributed by atoms with Crippen LogP contribution in [0.2, 0.25) is 0 Å². The van der Waals surface area contributed by atoms with Crippen LogP contribution in [0.3, 0.4) is 0 Å². The highest BCUT2D eigenvalue weighted by atomic mass is 19.4. The van der Waals surface area contributed by atoms with Crippen LogP contribution in [0.25, 0.3) is 0 Å². The zero-order valence-corrected chi connectivity index (χ0v) is 9.55. The van der Waals surface area contributed by atoms with Gasteiger partial charge in [-0.15, -0.1) is 0 Å². The molecule has 0 saturated heterocycles. The van der Waals surface area contributed by atoms with E-state index >= 15 is 0 Å². The summed E-state index contributed by atoms with van der Waals surface area (Å²) in [6.07, 6.45) is -3.16. The highest BCUT2D eigenvalue weighted by Gasteiger charge is 2.25. The van der Waals surface area contributed by atoms with Gasteiger partial charge in [0.15, 0.2) is 0 Å². The Morgan fingerprint density at radius 3 is 2.82 bits per heavy atom. The van der Waals surface area contributed by atoms with Gasteiger partial charge in [-0.05, 0) is 19.0 Å². The first kappa shape index (κ1) is 13.8. The van der Waals surface area contributed by atoms with Crippen molar-refractivity contribution < 1.29 is 17.9 Å². The van der Waals surface area contributed by atoms with Gasteiger partial charge in [-0.25, -0.2) is 4.98 Å². The smallest absolute Gasteiger partial charge is 0.389 e. The summed E-state index contributed by atoms with van der Waals surface area (Å²) in [4.78, 5) is 3.99. The first-order valence-corrected chi connectivity index (χ1v) is 5.28. The third-order valence-electron chi connectivity index (χ3n) is 2.17. The molecule has 1 aromatic rings. The van der Waals surface area contributed by atoms with Gasteiger partial charge in [0.25, 0.3) is 0 Å². The van der Waals surface area contributed by atoms with E-state index in [4.69, 9.17) is 4.74 Å². The topological polar surface area (TPSA) is 34.1 Å². The Bertz CT molecular complexity index is 342. The summed E-state index contributed by atoms with van der Waals surface area (Å²) in [5.41, 5.74) is 0.835. The predicted octanol–water partition coefficient (Wildman–Crippen LogP) is 2.52. The minimum atomic E-state index is -4.08. The number of methoxy groups -OCH3 is 1. The second-order valence-corrected chi connectivity index (χ2v) is 3.57. The van der Waals surface area contributed by atoms with E-state index < -0.39 is 12.6 Å². The molecule has 0 aliphatic carbocycles. The fourth-order valence-electron chi connectivity index (χ4n) is 1.38. The number of halogens is 3. The lowest BCUT2D eigenvalue weighted by atomic mass is 10.2. The molecule has 6 heteroatoms. The van der Waals surface area contributed by atoms with Crippen LogP contribution < -0.4 is 10.1 Å². The van der Waals surface area contributed by atoms with Crippen LogP contribution in [0.1, 0.15) is 18.4 Å². The lowest BCUT2D eigenvalue weighted by molar-refractivity contribution is -0.135. The van der Waals surface area contributed by atoms with Crippen LogP contribution >= 0.6 is 0 Å². The number of pyridine rings is 1. The van der Waals surface area contributed by atoms with Gasteiger partial charge < -0.3 is 10.1 Å². The maximum atomic E-state index is 11.9. The van der Waals surface area contributed by atoms with E-state index in [2.05, 4.69) is 10.3 Å². The van der Waals surface area contributed by atoms with Crippen molar-refractivity contribution in [1.82, 2.24) is 10.3 Å². The predicted molar refractivity (Wildman–Crippen MR) is 57.8 cm³/mol. The quantitative estimate of drug-likeness (QED) is 0.785. The highest BCUT2D eigenvalue weighted by molar-refractivity contribution is 5.24. The molecule has 0 amide bonds. The van der Waals surface area contributed by atoms with E-state index in [0.29, 0.717) is 19.0 Å². The first-order chi connectivity index (χ1) is 8.03. The molecule has 1 rings (SSSR count). The van der Waals surface area contributed by atoms with Crippen molar-refractivity contribution >= 4 is 0 Å². The normalized spacial score (nSPS) is 11.5. The average Bonchev–Trinajstić information content (AvgIpc) is 2.27. The molecule has 0 saturated carbocycles. The molecule has 0 atom stereocenters. The molecule has 1 aromatic heterocycles. The van der Waals surface area contributed by atoms with Crippen LogP contribution in [0.15, 0.2) is 18.3 Å². The lowest BCUT2D eigenvalue weighted by Crippen LogP contribution is -2.18. The largest absolute Gasteiger partial charge is 0.481 e. The van der Waals surface area contributed by atoms with Crippen molar-refractivity contribution in [3.8, 4) is 5.88 Å². The van der Waals surface area contributed by atoms with Crippen LogP contribution in [0, 0.1) is 0 Å². The van der Waals surface area contributed by atoms with E-state index in [1.54, 1.807) is 12.3 Å². The molecule has 96 valence electrons. The van der Waals surface area contributed by atoms with Crippen molar-refractivity contribution in [2.24, 2.45) is 0 Å². The molecule has 0 spiro atoms. The molecule has 0 fully saturated rings. The van der Waals surface area contributed by atoms with Crippen LogP contribution in [-0.2, 0) is 6.54 Å². The molecule has 1 heterocycles. The lowest BCUT2D eigenvalue weighted by Gasteiger charge is -2.09. The summed E-state index contributed by atoms with van der Waals surface area (Å²) < 4.78 is 40.6. The van der Waals surface area contributed by atoms with Crippen molar-refractivity contribution in [3.05, 3.63) is 23.9 Å². The van der Waals surface area contributed by atoms with E-state index in [9.17, 15) is 13.2 Å². The Kier molecular flexibility index (Phi) is 5.21. The third-order valence-corrected chi connectivity index (χ3v) is 2.17. The summed E-state index contributed by atoms with van der Waals surface area (Å²) in [5, 5.41) is 2.93. The average molecular weight is 248 g/mol. The van der Waals surface area contributed by atoms with Crippen LogP contribution in [0.4, 0.5) is 13.2 Å². The zero-order chi connectivity index (χ0) is 12.7. The summed E-state index contributed by atoms with van der Waals surface area (Å²) in [6.45, 7) is 0.770. The minimum absolute atomic E-state index is 0.0755. The molecule has 1 N–H and O–H groups in total. The molecular weight excluding hydrogens is 233 g/mol. The number of rotatable bonds is 6. The summed E-state index contributed by atoms with van der Waals surface area (Å²) in [6, 6.07) is 3.58. The van der Waals surface area contributed by atoms with Gasteiger partial charge in [0.2, 0.25) is 5.88 Å². The fraction of sp³-hybridized carbons (Fsp3) is 0.545. The molecule has 0 aliphatic heterocycles. The Hall–Kier alpha value is -1.30. The molecule has 3 nitrogen and oxygen atoms in total. The standard InChI is InChI=1S/C11H15F3N2O/c1-17-10-9(4-2-7-16-10)8-15-6-3-5-11(12,13)14/h2,4,7,15H,3,5-6,8H2,1H3. The SMILES string of the molecule is COc1ncccc1CNCCCC(F)(F)F. The molecule has 0 aromatic carbocycles. The maximum Gasteiger partial charge on any atom is 0.389 e. The number of ether oxygens (including phenoxy) is 1. The van der Waals surface area contributed by atoms with Crippen molar-refractivity contribution in [3.63, 3.8) is 0 Å². The Labute approximate surface area is 98.0 Å². The molecule has 0 bridgehead atoms. The van der Waals surface area contributed by atoms with E-state index in [1.165, 1.54) is 7.11 Å². The van der Waals surface area contributed by atoms with Gasteiger partial charge in [-0.3, -0.25) is 0 Å². The maximum absolute atomic E-state index is 11.9. The Morgan fingerprint density at radius 2 is 2.18 bits per heavy atom. The fourth-order valence-corrected chi connectivity index (χ4v) is 1.38. The van der Waals surface area contributed by atoms with Crippen LogP contribution in [-0.4, -0.2) is 24.8 Å². The summed E-state index contributed by atoms with van der Waals surface area (Å²) in [7, 11) is 1.51. The van der Waals surface area contributed by atoms with Crippen LogP contribution in [0.5, 0.6) is 5.88 Å². The van der Waals surface area contributed by atoms with Crippen molar-refractivity contribution in [2.45, 2.75) is 25.6 Å². The van der Waals surface area contributed by atoms with Gasteiger partial charge in [0.05, 0.1) is 7.11 Å². The molecule has 0 aliphatic rings. The van der Waals surface area contributed by atoms with E-state index in [-0.39, 0.29) is 6.42 Å². The second kappa shape index (κ2) is 6.44. The van der Waals surface area contributed by atoms with Gasteiger partial charge in [0, 0.05) is 24.7 Å². The number of alkyl halides is 3.